The summed E-state index contributed by atoms with van der Waals surface area (Å²) in [5, 5.41) is 12.6. The highest BCUT2D eigenvalue weighted by Gasteiger charge is 2.22. The number of carbonyl (C=O) groups excluding carboxylic acids is 1. The Morgan fingerprint density at radius 3 is 2.52 bits per heavy atom. The number of rotatable bonds is 5. The van der Waals surface area contributed by atoms with Crippen LogP contribution in [0.2, 0.25) is 0 Å². The van der Waals surface area contributed by atoms with E-state index in [-0.39, 0.29) is 12.5 Å². The maximum Gasteiger partial charge on any atom is 0.239 e. The van der Waals surface area contributed by atoms with Crippen LogP contribution in [0.3, 0.4) is 0 Å². The quantitative estimate of drug-likeness (QED) is 0.876. The lowest BCUT2D eigenvalue weighted by atomic mass is 10.2. The van der Waals surface area contributed by atoms with Crippen LogP contribution in [-0.2, 0) is 9.53 Å². The van der Waals surface area contributed by atoms with E-state index in [1.54, 1.807) is 7.11 Å². The van der Waals surface area contributed by atoms with E-state index >= 15 is 0 Å². The Hall–Kier alpha value is -2.82. The van der Waals surface area contributed by atoms with Gasteiger partial charge in [0, 0.05) is 24.5 Å². The summed E-state index contributed by atoms with van der Waals surface area (Å²) in [6, 6.07) is 9.76. The number of nitrogens with zero attached hydrogens (tertiary/aromatic N) is 3. The molecule has 1 aliphatic rings. The molecule has 7 heteroatoms. The average molecular weight is 368 g/mol. The second-order valence-corrected chi connectivity index (χ2v) is 6.52. The second kappa shape index (κ2) is 8.25. The molecular formula is C20H24N4O3. The number of aromatic nitrogens is 1. The molecule has 0 spiro atoms. The van der Waals surface area contributed by atoms with Gasteiger partial charge in [0.15, 0.2) is 0 Å². The van der Waals surface area contributed by atoms with Crippen LogP contribution >= 0.6 is 0 Å². The molecule has 0 atom stereocenters. The number of anilines is 1. The van der Waals surface area contributed by atoms with Crippen LogP contribution in [0.5, 0.6) is 5.75 Å². The predicted molar refractivity (Wildman–Crippen MR) is 102 cm³/mol. The van der Waals surface area contributed by atoms with Gasteiger partial charge in [-0.05, 0) is 43.7 Å². The zero-order chi connectivity index (χ0) is 19.4. The fraction of sp³-hybridized carbons (Fsp3) is 0.400. The van der Waals surface area contributed by atoms with Gasteiger partial charge in [-0.2, -0.15) is 5.26 Å². The average Bonchev–Trinajstić information content (AvgIpc) is 2.92. The lowest BCUT2D eigenvalue weighted by molar-refractivity contribution is -0.118. The SMILES string of the molecule is COc1ccc(-n2c(C)c(C)c(C#N)c2NC(=O)CN2CCOCC2)cc1. The molecule has 2 heterocycles. The van der Waals surface area contributed by atoms with Crippen LogP contribution in [0, 0.1) is 25.2 Å². The van der Waals surface area contributed by atoms with Crippen LogP contribution in [0.4, 0.5) is 5.82 Å². The number of nitriles is 1. The minimum atomic E-state index is -0.138. The van der Waals surface area contributed by atoms with E-state index in [4.69, 9.17) is 9.47 Å². The molecule has 2 aromatic rings. The van der Waals surface area contributed by atoms with E-state index in [0.29, 0.717) is 24.6 Å². The lowest BCUT2D eigenvalue weighted by Crippen LogP contribution is -2.41. The van der Waals surface area contributed by atoms with Crippen molar-refractivity contribution >= 4 is 11.7 Å². The van der Waals surface area contributed by atoms with Gasteiger partial charge in [0.05, 0.1) is 32.4 Å². The molecule has 1 fully saturated rings. The number of nitrogens with one attached hydrogen (secondary N) is 1. The summed E-state index contributed by atoms with van der Waals surface area (Å²) in [6.45, 7) is 6.85. The van der Waals surface area contributed by atoms with E-state index in [2.05, 4.69) is 11.4 Å². The zero-order valence-corrected chi connectivity index (χ0v) is 15.9. The second-order valence-electron chi connectivity index (χ2n) is 6.52. The van der Waals surface area contributed by atoms with Gasteiger partial charge in [0.2, 0.25) is 5.91 Å². The van der Waals surface area contributed by atoms with Crippen molar-refractivity contribution in [2.24, 2.45) is 0 Å². The summed E-state index contributed by atoms with van der Waals surface area (Å²) in [7, 11) is 1.62. The lowest BCUT2D eigenvalue weighted by Gasteiger charge is -2.26. The first-order valence-corrected chi connectivity index (χ1v) is 8.91. The van der Waals surface area contributed by atoms with Crippen LogP contribution in [-0.4, -0.2) is 55.3 Å². The van der Waals surface area contributed by atoms with Gasteiger partial charge in [-0.1, -0.05) is 0 Å². The number of benzene rings is 1. The molecule has 1 aliphatic heterocycles. The number of carbonyl (C=O) groups is 1. The molecule has 27 heavy (non-hydrogen) atoms. The summed E-state index contributed by atoms with van der Waals surface area (Å²) in [6.07, 6.45) is 0. The topological polar surface area (TPSA) is 79.5 Å². The number of hydrogen-bond donors (Lipinski definition) is 1. The summed E-state index contributed by atoms with van der Waals surface area (Å²) < 4.78 is 12.4. The number of hydrogen-bond acceptors (Lipinski definition) is 5. The molecule has 1 amide bonds. The largest absolute Gasteiger partial charge is 0.497 e. The Morgan fingerprint density at radius 2 is 1.93 bits per heavy atom. The number of ether oxygens (including phenoxy) is 2. The van der Waals surface area contributed by atoms with Crippen LogP contribution < -0.4 is 10.1 Å². The highest BCUT2D eigenvalue weighted by Crippen LogP contribution is 2.30. The Balaban J connectivity index is 1.91. The molecule has 0 bridgehead atoms. The van der Waals surface area contributed by atoms with Crippen molar-refractivity contribution in [1.82, 2.24) is 9.47 Å². The van der Waals surface area contributed by atoms with Crippen LogP contribution in [0.15, 0.2) is 24.3 Å². The van der Waals surface area contributed by atoms with Crippen molar-refractivity contribution in [2.45, 2.75) is 13.8 Å². The highest BCUT2D eigenvalue weighted by molar-refractivity contribution is 5.93. The summed E-state index contributed by atoms with van der Waals surface area (Å²) >= 11 is 0. The van der Waals surface area contributed by atoms with E-state index < -0.39 is 0 Å². The fourth-order valence-electron chi connectivity index (χ4n) is 3.25. The Morgan fingerprint density at radius 1 is 1.26 bits per heavy atom. The van der Waals surface area contributed by atoms with Gasteiger partial charge in [0.25, 0.3) is 0 Å². The Kier molecular flexibility index (Phi) is 5.79. The normalized spacial score (nSPS) is 14.6. The van der Waals surface area contributed by atoms with Gasteiger partial charge in [-0.3, -0.25) is 14.3 Å². The highest BCUT2D eigenvalue weighted by atomic mass is 16.5. The third-order valence-electron chi connectivity index (χ3n) is 4.88. The smallest absolute Gasteiger partial charge is 0.239 e. The maximum absolute atomic E-state index is 12.6. The molecule has 1 aromatic carbocycles. The predicted octanol–water partition coefficient (Wildman–Crippen LogP) is 2.25. The van der Waals surface area contributed by atoms with E-state index in [9.17, 15) is 10.1 Å². The molecule has 1 N–H and O–H groups in total. The molecule has 1 aromatic heterocycles. The van der Waals surface area contributed by atoms with Crippen molar-refractivity contribution in [1.29, 1.82) is 5.26 Å². The molecule has 0 radical (unpaired) electrons. The maximum atomic E-state index is 12.6. The molecular weight excluding hydrogens is 344 g/mol. The molecule has 0 unspecified atom stereocenters. The van der Waals surface area contributed by atoms with Crippen LogP contribution in [0.1, 0.15) is 16.8 Å². The molecule has 7 nitrogen and oxygen atoms in total. The Bertz CT molecular complexity index is 859. The van der Waals surface area contributed by atoms with Gasteiger partial charge in [0.1, 0.15) is 17.6 Å². The third kappa shape index (κ3) is 3.97. The van der Waals surface area contributed by atoms with Crippen molar-refractivity contribution in [3.05, 3.63) is 41.1 Å². The number of morpholine rings is 1. The molecule has 0 saturated carbocycles. The minimum absolute atomic E-state index is 0.138. The van der Waals surface area contributed by atoms with Gasteiger partial charge < -0.3 is 14.8 Å². The molecule has 0 aliphatic carbocycles. The first-order chi connectivity index (χ1) is 13.0. The standard InChI is InChI=1S/C20H24N4O3/c1-14-15(2)24(16-4-6-17(26-3)7-5-16)20(18(14)12-21)22-19(25)13-23-8-10-27-11-9-23/h4-7H,8-11,13H2,1-3H3,(H,22,25). The number of methoxy groups -OCH3 is 1. The zero-order valence-electron chi connectivity index (χ0n) is 15.9. The first-order valence-electron chi connectivity index (χ1n) is 8.91. The summed E-state index contributed by atoms with van der Waals surface area (Å²) in [4.78, 5) is 14.7. The first kappa shape index (κ1) is 19.0. The van der Waals surface area contributed by atoms with E-state index in [0.717, 1.165) is 35.8 Å². The van der Waals surface area contributed by atoms with Crippen molar-refractivity contribution in [3.63, 3.8) is 0 Å². The molecule has 1 saturated heterocycles. The van der Waals surface area contributed by atoms with Gasteiger partial charge >= 0.3 is 0 Å². The van der Waals surface area contributed by atoms with Gasteiger partial charge in [-0.15, -0.1) is 0 Å². The monoisotopic (exact) mass is 368 g/mol. The van der Waals surface area contributed by atoms with E-state index in [1.165, 1.54) is 0 Å². The van der Waals surface area contributed by atoms with Crippen molar-refractivity contribution in [3.8, 4) is 17.5 Å². The summed E-state index contributed by atoms with van der Waals surface area (Å²) in [5.41, 5.74) is 3.12. The van der Waals surface area contributed by atoms with E-state index in [1.807, 2.05) is 47.6 Å². The summed E-state index contributed by atoms with van der Waals surface area (Å²) in [5.74, 6) is 1.12. The van der Waals surface area contributed by atoms with Gasteiger partial charge in [-0.25, -0.2) is 0 Å². The minimum Gasteiger partial charge on any atom is -0.497 e. The van der Waals surface area contributed by atoms with Crippen LogP contribution in [0.25, 0.3) is 5.69 Å². The molecule has 3 rings (SSSR count). The van der Waals surface area contributed by atoms with Crippen molar-refractivity contribution in [2.75, 3.05) is 45.3 Å². The third-order valence-corrected chi connectivity index (χ3v) is 4.88. The van der Waals surface area contributed by atoms with Crippen molar-refractivity contribution < 1.29 is 14.3 Å². The fourth-order valence-corrected chi connectivity index (χ4v) is 3.25. The molecule has 142 valence electrons. The Labute approximate surface area is 159 Å². The number of amides is 1.